The van der Waals surface area contributed by atoms with Crippen molar-refractivity contribution in [3.8, 4) is 0 Å². The molecule has 5 saturated heterocycles. The van der Waals surface area contributed by atoms with Gasteiger partial charge in [0.05, 0.1) is 12.6 Å². The van der Waals surface area contributed by atoms with Crippen LogP contribution in [0.5, 0.6) is 0 Å². The third-order valence-corrected chi connectivity index (χ3v) is 10.2. The molecular formula is C33H49FN6O4. The summed E-state index contributed by atoms with van der Waals surface area (Å²) in [6.45, 7) is 9.38. The lowest BCUT2D eigenvalue weighted by Gasteiger charge is -2.42. The van der Waals surface area contributed by atoms with Crippen molar-refractivity contribution in [2.45, 2.75) is 76.9 Å². The quantitative estimate of drug-likeness (QED) is 0.528. The molecule has 6 rings (SSSR count). The van der Waals surface area contributed by atoms with Gasteiger partial charge in [-0.05, 0) is 102 Å². The molecule has 0 spiro atoms. The molecule has 10 nitrogen and oxygen atoms in total. The molecule has 2 bridgehead atoms. The van der Waals surface area contributed by atoms with E-state index >= 15 is 0 Å². The first kappa shape index (κ1) is 32.3. The molecule has 5 heterocycles. The van der Waals surface area contributed by atoms with Gasteiger partial charge < -0.3 is 25.3 Å². The van der Waals surface area contributed by atoms with Crippen LogP contribution in [0.1, 0.15) is 69.2 Å². The van der Waals surface area contributed by atoms with E-state index in [2.05, 4.69) is 34.3 Å². The lowest BCUT2D eigenvalue weighted by atomic mass is 9.80. The summed E-state index contributed by atoms with van der Waals surface area (Å²) in [6, 6.07) is 5.66. The second-order valence-electron chi connectivity index (χ2n) is 13.3. The van der Waals surface area contributed by atoms with Crippen LogP contribution in [0.2, 0.25) is 0 Å². The van der Waals surface area contributed by atoms with E-state index in [1.54, 1.807) is 4.90 Å². The fraction of sp³-hybridized carbons (Fsp3) is 0.697. The van der Waals surface area contributed by atoms with Gasteiger partial charge in [-0.25, -0.2) is 4.39 Å². The van der Waals surface area contributed by atoms with Crippen LogP contribution in [-0.4, -0.2) is 120 Å². The van der Waals surface area contributed by atoms with Gasteiger partial charge >= 0.3 is 0 Å². The highest BCUT2D eigenvalue weighted by Crippen LogP contribution is 2.32. The predicted molar refractivity (Wildman–Crippen MR) is 165 cm³/mol. The van der Waals surface area contributed by atoms with Crippen LogP contribution < -0.4 is 10.6 Å². The Kier molecular flexibility index (Phi) is 10.9. The molecule has 0 aliphatic carbocycles. The molecule has 1 aromatic carbocycles. The fourth-order valence-corrected chi connectivity index (χ4v) is 7.58. The van der Waals surface area contributed by atoms with Crippen molar-refractivity contribution in [2.24, 2.45) is 11.8 Å². The van der Waals surface area contributed by atoms with Gasteiger partial charge in [0.15, 0.2) is 0 Å². The summed E-state index contributed by atoms with van der Waals surface area (Å²) < 4.78 is 13.3. The number of fused-ring (bicyclic) bond motifs is 9. The predicted octanol–water partition coefficient (Wildman–Crippen LogP) is 2.10. The Labute approximate surface area is 260 Å². The van der Waals surface area contributed by atoms with Crippen molar-refractivity contribution in [3.05, 3.63) is 35.6 Å². The highest BCUT2D eigenvalue weighted by atomic mass is 19.1. The molecule has 2 N–H and O–H groups in total. The van der Waals surface area contributed by atoms with Crippen molar-refractivity contribution in [1.82, 2.24) is 30.2 Å². The first-order valence-electron chi connectivity index (χ1n) is 16.6. The number of piperidine rings is 2. The second-order valence-corrected chi connectivity index (χ2v) is 13.3. The molecule has 0 aromatic heterocycles. The van der Waals surface area contributed by atoms with E-state index in [0.29, 0.717) is 36.4 Å². The Balaban J connectivity index is 1.30. The van der Waals surface area contributed by atoms with E-state index in [-0.39, 0.29) is 55.3 Å². The van der Waals surface area contributed by atoms with Gasteiger partial charge in [-0.1, -0.05) is 0 Å². The minimum absolute atomic E-state index is 0.0707. The number of amides is 4. The van der Waals surface area contributed by atoms with Crippen molar-refractivity contribution < 1.29 is 23.6 Å². The van der Waals surface area contributed by atoms with E-state index in [1.807, 2.05) is 4.90 Å². The van der Waals surface area contributed by atoms with E-state index in [1.165, 1.54) is 24.3 Å². The lowest BCUT2D eigenvalue weighted by molar-refractivity contribution is -0.141. The lowest BCUT2D eigenvalue weighted by Crippen LogP contribution is -2.54. The van der Waals surface area contributed by atoms with E-state index < -0.39 is 5.82 Å². The van der Waals surface area contributed by atoms with Gasteiger partial charge in [0, 0.05) is 63.3 Å². The molecule has 5 fully saturated rings. The zero-order valence-corrected chi connectivity index (χ0v) is 26.3. The molecule has 3 atom stereocenters. The van der Waals surface area contributed by atoms with Crippen LogP contribution in [0.4, 0.5) is 4.39 Å². The van der Waals surface area contributed by atoms with Gasteiger partial charge in [0.1, 0.15) is 5.82 Å². The average Bonchev–Trinajstić information content (AvgIpc) is 3.51. The number of carbonyl (C=O) groups is 4. The minimum atomic E-state index is -0.416. The summed E-state index contributed by atoms with van der Waals surface area (Å²) in [5.74, 6) is -0.214. The zero-order valence-electron chi connectivity index (χ0n) is 26.3. The highest BCUT2D eigenvalue weighted by Gasteiger charge is 2.40. The SMILES string of the molecule is CC(C)N1CC[C@H]2CC(=O)N3CCC(CC3)N3CCC[C@H]3C(=O)N(CCNC(=O)c3ccc(F)cc3)CC(=O)NCC[C@H]2C1. The second kappa shape index (κ2) is 14.8. The first-order valence-corrected chi connectivity index (χ1v) is 16.6. The number of nitrogens with one attached hydrogen (secondary N) is 2. The average molecular weight is 613 g/mol. The number of carbonyl (C=O) groups excluding carboxylic acids is 4. The standard InChI is InChI=1S/C33H49FN6O4/c1-23(2)38-16-10-25-20-31(42)37-17-11-28(12-18-37)40-15-3-4-29(40)33(44)39(22-30(41)35-13-9-26(25)21-38)19-14-36-32(43)24-5-7-27(34)8-6-24/h5-8,23,25-26,28-29H,3-4,9-22H2,1-2H3,(H,35,41)(H,36,43)/t25-,26-,29-/m0/s1. The van der Waals surface area contributed by atoms with Crippen molar-refractivity contribution >= 4 is 23.6 Å². The molecule has 11 heteroatoms. The molecule has 1 aromatic rings. The summed E-state index contributed by atoms with van der Waals surface area (Å²) in [7, 11) is 0. The topological polar surface area (TPSA) is 105 Å². The maximum Gasteiger partial charge on any atom is 0.251 e. The Morgan fingerprint density at radius 3 is 2.45 bits per heavy atom. The normalized spacial score (nSPS) is 28.0. The third kappa shape index (κ3) is 7.96. The Morgan fingerprint density at radius 1 is 0.977 bits per heavy atom. The van der Waals surface area contributed by atoms with Crippen LogP contribution in [0.3, 0.4) is 0 Å². The molecule has 0 saturated carbocycles. The maximum absolute atomic E-state index is 14.0. The number of halogens is 1. The molecule has 242 valence electrons. The highest BCUT2D eigenvalue weighted by molar-refractivity contribution is 5.94. The maximum atomic E-state index is 14.0. The summed E-state index contributed by atoms with van der Waals surface area (Å²) in [5.41, 5.74) is 0.336. The first-order chi connectivity index (χ1) is 21.2. The molecule has 44 heavy (non-hydrogen) atoms. The Bertz CT molecular complexity index is 1170. The van der Waals surface area contributed by atoms with Crippen molar-refractivity contribution in [1.29, 1.82) is 0 Å². The van der Waals surface area contributed by atoms with Gasteiger partial charge in [-0.2, -0.15) is 0 Å². The zero-order chi connectivity index (χ0) is 31.2. The van der Waals surface area contributed by atoms with Crippen LogP contribution in [-0.2, 0) is 14.4 Å². The molecule has 5 aliphatic rings. The monoisotopic (exact) mass is 612 g/mol. The number of hydrogen-bond acceptors (Lipinski definition) is 6. The van der Waals surface area contributed by atoms with Crippen LogP contribution in [0.15, 0.2) is 24.3 Å². The molecule has 0 unspecified atom stereocenters. The number of benzene rings is 1. The van der Waals surface area contributed by atoms with Crippen LogP contribution in [0.25, 0.3) is 0 Å². The van der Waals surface area contributed by atoms with Gasteiger partial charge in [-0.15, -0.1) is 0 Å². The van der Waals surface area contributed by atoms with Crippen LogP contribution in [0, 0.1) is 17.7 Å². The Hall–Kier alpha value is -3.05. The minimum Gasteiger partial charge on any atom is -0.355 e. The van der Waals surface area contributed by atoms with Gasteiger partial charge in [0.2, 0.25) is 17.7 Å². The largest absolute Gasteiger partial charge is 0.355 e. The number of likely N-dealkylation sites (tertiary alicyclic amines) is 1. The molecule has 0 radical (unpaired) electrons. The summed E-state index contributed by atoms with van der Waals surface area (Å²) >= 11 is 0. The number of nitrogens with zero attached hydrogens (tertiary/aromatic N) is 4. The molecule has 4 amide bonds. The Morgan fingerprint density at radius 2 is 1.73 bits per heavy atom. The summed E-state index contributed by atoms with van der Waals surface area (Å²) in [6.07, 6.45) is 5.67. The smallest absolute Gasteiger partial charge is 0.251 e. The van der Waals surface area contributed by atoms with Crippen LogP contribution >= 0.6 is 0 Å². The summed E-state index contributed by atoms with van der Waals surface area (Å²) in [4.78, 5) is 61.7. The molecule has 5 aliphatic heterocycles. The number of rotatable bonds is 5. The van der Waals surface area contributed by atoms with E-state index in [0.717, 1.165) is 71.2 Å². The van der Waals surface area contributed by atoms with Crippen molar-refractivity contribution in [2.75, 3.05) is 58.9 Å². The van der Waals surface area contributed by atoms with Gasteiger partial charge in [0.25, 0.3) is 5.91 Å². The van der Waals surface area contributed by atoms with E-state index in [4.69, 9.17) is 0 Å². The summed E-state index contributed by atoms with van der Waals surface area (Å²) in [5, 5.41) is 5.87. The van der Waals surface area contributed by atoms with Gasteiger partial charge in [-0.3, -0.25) is 24.1 Å². The third-order valence-electron chi connectivity index (χ3n) is 10.2. The molecular weight excluding hydrogens is 563 g/mol. The fourth-order valence-electron chi connectivity index (χ4n) is 7.58. The van der Waals surface area contributed by atoms with E-state index in [9.17, 15) is 23.6 Å². The van der Waals surface area contributed by atoms with Crippen molar-refractivity contribution in [3.63, 3.8) is 0 Å². The number of hydrogen-bond donors (Lipinski definition) is 2.